The lowest BCUT2D eigenvalue weighted by molar-refractivity contribution is -0.143. The second kappa shape index (κ2) is 10.9. The molecule has 3 rings (SSSR count). The number of carbonyl (C=O) groups excluding carboxylic acids is 2. The molecular formula is C26H32N2O5. The van der Waals surface area contributed by atoms with Gasteiger partial charge in [-0.3, -0.25) is 0 Å². The quantitative estimate of drug-likeness (QED) is 0.526. The minimum atomic E-state index is -0.661. The van der Waals surface area contributed by atoms with Crippen LogP contribution in [0.1, 0.15) is 56.3 Å². The molecule has 0 fully saturated rings. The van der Waals surface area contributed by atoms with E-state index in [2.05, 4.69) is 10.6 Å². The third-order valence-electron chi connectivity index (χ3n) is 5.25. The fourth-order valence-corrected chi connectivity index (χ4v) is 3.66. The molecule has 1 aliphatic heterocycles. The number of nitrogens with one attached hydrogen (secondary N) is 2. The van der Waals surface area contributed by atoms with E-state index in [1.54, 1.807) is 33.1 Å². The number of allylic oxidation sites excluding steroid dienone is 1. The minimum Gasteiger partial charge on any atom is -0.493 e. The summed E-state index contributed by atoms with van der Waals surface area (Å²) >= 11 is 0. The van der Waals surface area contributed by atoms with Crippen molar-refractivity contribution in [3.63, 3.8) is 0 Å². The predicted molar refractivity (Wildman–Crippen MR) is 126 cm³/mol. The number of urea groups is 1. The number of hydrogen-bond donors (Lipinski definition) is 2. The number of carbonyl (C=O) groups is 2. The van der Waals surface area contributed by atoms with Crippen LogP contribution in [0.3, 0.4) is 0 Å². The van der Waals surface area contributed by atoms with Gasteiger partial charge in [-0.05, 0) is 50.5 Å². The van der Waals surface area contributed by atoms with Gasteiger partial charge >= 0.3 is 12.0 Å². The number of ether oxygens (including phenoxy) is 3. The molecule has 2 N–H and O–H groups in total. The SMILES string of the molecule is CCCC1=C(C(=O)OC(C)C)C(c2ccc(OCc3ccc(C)cc3)c(OC)c2)NC(=O)N1. The molecule has 1 heterocycles. The van der Waals surface area contributed by atoms with Crippen molar-refractivity contribution in [3.05, 3.63) is 70.4 Å². The van der Waals surface area contributed by atoms with E-state index in [0.717, 1.165) is 12.0 Å². The maximum absolute atomic E-state index is 13.0. The average molecular weight is 453 g/mol. The van der Waals surface area contributed by atoms with Crippen molar-refractivity contribution in [2.45, 2.75) is 59.3 Å². The van der Waals surface area contributed by atoms with Crippen molar-refractivity contribution in [2.24, 2.45) is 0 Å². The minimum absolute atomic E-state index is 0.279. The number of benzene rings is 2. The molecule has 1 atom stereocenters. The number of aryl methyl sites for hydroxylation is 1. The molecule has 2 amide bonds. The summed E-state index contributed by atoms with van der Waals surface area (Å²) in [5, 5.41) is 5.63. The van der Waals surface area contributed by atoms with Crippen molar-refractivity contribution in [3.8, 4) is 11.5 Å². The molecular weight excluding hydrogens is 420 g/mol. The number of hydrogen-bond acceptors (Lipinski definition) is 5. The summed E-state index contributed by atoms with van der Waals surface area (Å²) in [6, 6.07) is 12.5. The topological polar surface area (TPSA) is 85.9 Å². The van der Waals surface area contributed by atoms with Crippen molar-refractivity contribution in [2.75, 3.05) is 7.11 Å². The number of methoxy groups -OCH3 is 1. The predicted octanol–water partition coefficient (Wildman–Crippen LogP) is 4.94. The molecule has 0 spiro atoms. The van der Waals surface area contributed by atoms with Gasteiger partial charge in [-0.2, -0.15) is 0 Å². The molecule has 1 unspecified atom stereocenters. The summed E-state index contributed by atoms with van der Waals surface area (Å²) in [5.74, 6) is 0.636. The highest BCUT2D eigenvalue weighted by Gasteiger charge is 2.34. The zero-order valence-corrected chi connectivity index (χ0v) is 19.9. The Hall–Kier alpha value is -3.48. The third-order valence-corrected chi connectivity index (χ3v) is 5.25. The van der Waals surface area contributed by atoms with Crippen LogP contribution >= 0.6 is 0 Å². The zero-order chi connectivity index (χ0) is 24.0. The van der Waals surface area contributed by atoms with Crippen LogP contribution in [-0.4, -0.2) is 25.2 Å². The van der Waals surface area contributed by atoms with Gasteiger partial charge in [0.15, 0.2) is 11.5 Å². The van der Waals surface area contributed by atoms with Crippen LogP contribution in [-0.2, 0) is 16.1 Å². The summed E-state index contributed by atoms with van der Waals surface area (Å²) in [6.45, 7) is 8.02. The third kappa shape index (κ3) is 6.06. The lowest BCUT2D eigenvalue weighted by Gasteiger charge is -2.30. The maximum atomic E-state index is 13.0. The van der Waals surface area contributed by atoms with Crippen molar-refractivity contribution in [1.82, 2.24) is 10.6 Å². The first-order chi connectivity index (χ1) is 15.8. The molecule has 0 bridgehead atoms. The molecule has 0 aromatic heterocycles. The fraction of sp³-hybridized carbons (Fsp3) is 0.385. The van der Waals surface area contributed by atoms with Crippen LogP contribution in [0.2, 0.25) is 0 Å². The van der Waals surface area contributed by atoms with E-state index < -0.39 is 12.0 Å². The molecule has 7 nitrogen and oxygen atoms in total. The monoisotopic (exact) mass is 452 g/mol. The first-order valence-electron chi connectivity index (χ1n) is 11.2. The largest absolute Gasteiger partial charge is 0.493 e. The standard InChI is InChI=1S/C26H32N2O5/c1-6-7-20-23(25(29)33-16(2)3)24(28-26(30)27-20)19-12-13-21(22(14-19)31-5)32-15-18-10-8-17(4)9-11-18/h8-14,16,24H,6-7,15H2,1-5H3,(H2,27,28,30). The maximum Gasteiger partial charge on any atom is 0.338 e. The zero-order valence-electron chi connectivity index (χ0n) is 19.9. The molecule has 33 heavy (non-hydrogen) atoms. The summed E-state index contributed by atoms with van der Waals surface area (Å²) in [6.07, 6.45) is 1.05. The Labute approximate surface area is 195 Å². The van der Waals surface area contributed by atoms with Gasteiger partial charge in [0.2, 0.25) is 0 Å². The summed E-state index contributed by atoms with van der Waals surface area (Å²) in [5.41, 5.74) is 3.92. The van der Waals surface area contributed by atoms with E-state index in [9.17, 15) is 9.59 Å². The second-order valence-corrected chi connectivity index (χ2v) is 8.31. The molecule has 0 saturated heterocycles. The van der Waals surface area contributed by atoms with Gasteiger partial charge in [0.1, 0.15) is 6.61 Å². The summed E-state index contributed by atoms with van der Waals surface area (Å²) in [7, 11) is 1.56. The van der Waals surface area contributed by atoms with Crippen molar-refractivity contribution >= 4 is 12.0 Å². The van der Waals surface area contributed by atoms with Crippen LogP contribution in [0.5, 0.6) is 11.5 Å². The summed E-state index contributed by atoms with van der Waals surface area (Å²) < 4.78 is 17.0. The molecule has 2 aromatic carbocycles. The van der Waals surface area contributed by atoms with Gasteiger partial charge in [0, 0.05) is 5.70 Å². The van der Waals surface area contributed by atoms with E-state index >= 15 is 0 Å². The fourth-order valence-electron chi connectivity index (χ4n) is 3.66. The molecule has 7 heteroatoms. The van der Waals surface area contributed by atoms with Crippen molar-refractivity contribution in [1.29, 1.82) is 0 Å². The molecule has 0 radical (unpaired) electrons. The van der Waals surface area contributed by atoms with Crippen molar-refractivity contribution < 1.29 is 23.8 Å². The molecule has 176 valence electrons. The smallest absolute Gasteiger partial charge is 0.338 e. The molecule has 0 saturated carbocycles. The van der Waals surface area contributed by atoms with Gasteiger partial charge in [-0.1, -0.05) is 49.2 Å². The van der Waals surface area contributed by atoms with Crippen LogP contribution in [0.25, 0.3) is 0 Å². The Morgan fingerprint density at radius 2 is 1.82 bits per heavy atom. The molecule has 2 aromatic rings. The van der Waals surface area contributed by atoms with Crippen LogP contribution in [0.4, 0.5) is 4.79 Å². The van der Waals surface area contributed by atoms with E-state index in [-0.39, 0.29) is 12.1 Å². The Morgan fingerprint density at radius 3 is 2.45 bits per heavy atom. The summed E-state index contributed by atoms with van der Waals surface area (Å²) in [4.78, 5) is 25.3. The van der Waals surface area contributed by atoms with Gasteiger partial charge in [-0.15, -0.1) is 0 Å². The Morgan fingerprint density at radius 1 is 1.09 bits per heavy atom. The highest BCUT2D eigenvalue weighted by molar-refractivity contribution is 5.95. The van der Waals surface area contributed by atoms with E-state index in [0.29, 0.717) is 41.4 Å². The van der Waals surface area contributed by atoms with Crippen LogP contribution < -0.4 is 20.1 Å². The van der Waals surface area contributed by atoms with Gasteiger partial charge in [0.05, 0.1) is 24.8 Å². The number of amides is 2. The molecule has 0 aliphatic carbocycles. The second-order valence-electron chi connectivity index (χ2n) is 8.31. The first-order valence-corrected chi connectivity index (χ1v) is 11.2. The van der Waals surface area contributed by atoms with E-state index in [4.69, 9.17) is 14.2 Å². The number of esters is 1. The van der Waals surface area contributed by atoms with Crippen LogP contribution in [0, 0.1) is 6.92 Å². The van der Waals surface area contributed by atoms with E-state index in [1.165, 1.54) is 5.56 Å². The number of rotatable bonds is 9. The average Bonchev–Trinajstić information content (AvgIpc) is 2.78. The lowest BCUT2D eigenvalue weighted by Crippen LogP contribution is -2.46. The Kier molecular flexibility index (Phi) is 7.98. The highest BCUT2D eigenvalue weighted by atomic mass is 16.5. The first kappa shape index (κ1) is 24.2. The van der Waals surface area contributed by atoms with Gasteiger partial charge in [-0.25, -0.2) is 9.59 Å². The highest BCUT2D eigenvalue weighted by Crippen LogP contribution is 2.35. The lowest BCUT2D eigenvalue weighted by atomic mass is 9.93. The normalized spacial score (nSPS) is 15.7. The Bertz CT molecular complexity index is 1030. The van der Waals surface area contributed by atoms with Crippen LogP contribution in [0.15, 0.2) is 53.7 Å². The van der Waals surface area contributed by atoms with E-state index in [1.807, 2.05) is 44.2 Å². The van der Waals surface area contributed by atoms with Gasteiger partial charge < -0.3 is 24.8 Å². The Balaban J connectivity index is 1.91. The molecule has 1 aliphatic rings. The van der Waals surface area contributed by atoms with Gasteiger partial charge in [0.25, 0.3) is 0 Å².